The number of carbonyl (C=O) groups excluding carboxylic acids is 1. The van der Waals surface area contributed by atoms with E-state index in [0.29, 0.717) is 25.6 Å². The molecular formula is C18H30FIN4O3. The fraction of sp³-hybridized carbons (Fsp3) is 0.556. The van der Waals surface area contributed by atoms with Crippen molar-refractivity contribution in [2.24, 2.45) is 4.99 Å². The highest BCUT2D eigenvalue weighted by molar-refractivity contribution is 14.0. The standard InChI is InChI=1S/C18H29FN4O3.HI/c1-13(25-15-9-7-6-8-14(15)19)12-23-16(20-5)21-10-11-22-17(24)26-18(2,3)4;/h6-9,13H,10-12H2,1-5H3,(H,22,24)(H2,20,21,23);1H. The van der Waals surface area contributed by atoms with Crippen LogP contribution in [-0.4, -0.2) is 50.4 Å². The Morgan fingerprint density at radius 1 is 1.19 bits per heavy atom. The summed E-state index contributed by atoms with van der Waals surface area (Å²) in [5.41, 5.74) is -0.524. The van der Waals surface area contributed by atoms with Crippen molar-refractivity contribution >= 4 is 36.0 Å². The van der Waals surface area contributed by atoms with Crippen molar-refractivity contribution < 1.29 is 18.7 Å². The Balaban J connectivity index is 0.00000676. The second-order valence-electron chi connectivity index (χ2n) is 6.67. The second-order valence-corrected chi connectivity index (χ2v) is 6.67. The lowest BCUT2D eigenvalue weighted by molar-refractivity contribution is 0.0529. The Morgan fingerprint density at radius 3 is 2.41 bits per heavy atom. The Bertz CT molecular complexity index is 609. The number of carbonyl (C=O) groups is 1. The van der Waals surface area contributed by atoms with Crippen LogP contribution < -0.4 is 20.7 Å². The van der Waals surface area contributed by atoms with E-state index in [1.54, 1.807) is 46.0 Å². The quantitative estimate of drug-likeness (QED) is 0.234. The summed E-state index contributed by atoms with van der Waals surface area (Å²) in [5, 5.41) is 8.79. The van der Waals surface area contributed by atoms with Crippen molar-refractivity contribution in [3.63, 3.8) is 0 Å². The molecule has 3 N–H and O–H groups in total. The number of guanidine groups is 1. The summed E-state index contributed by atoms with van der Waals surface area (Å²) in [7, 11) is 1.64. The van der Waals surface area contributed by atoms with E-state index < -0.39 is 17.5 Å². The lowest BCUT2D eigenvalue weighted by atomic mass is 10.2. The molecule has 1 aromatic rings. The molecule has 0 fully saturated rings. The first-order chi connectivity index (χ1) is 12.2. The molecule has 0 saturated carbocycles. The first-order valence-electron chi connectivity index (χ1n) is 8.54. The summed E-state index contributed by atoms with van der Waals surface area (Å²) in [6.07, 6.45) is -0.723. The Labute approximate surface area is 177 Å². The zero-order chi connectivity index (χ0) is 19.6. The van der Waals surface area contributed by atoms with Crippen molar-refractivity contribution in [2.45, 2.75) is 39.4 Å². The number of rotatable bonds is 7. The van der Waals surface area contributed by atoms with Gasteiger partial charge in [-0.05, 0) is 39.8 Å². The SMILES string of the molecule is CN=C(NCCNC(=O)OC(C)(C)C)NCC(C)Oc1ccccc1F.I. The molecule has 0 radical (unpaired) electrons. The smallest absolute Gasteiger partial charge is 0.407 e. The number of nitrogens with one attached hydrogen (secondary N) is 3. The molecule has 1 rings (SSSR count). The van der Waals surface area contributed by atoms with Crippen molar-refractivity contribution in [2.75, 3.05) is 26.7 Å². The van der Waals surface area contributed by atoms with Crippen LogP contribution in [0.25, 0.3) is 0 Å². The Hall–Kier alpha value is -1.78. The van der Waals surface area contributed by atoms with Gasteiger partial charge in [0.25, 0.3) is 0 Å². The third-order valence-electron chi connectivity index (χ3n) is 3.03. The molecule has 0 aliphatic carbocycles. The summed E-state index contributed by atoms with van der Waals surface area (Å²) in [4.78, 5) is 15.6. The van der Waals surface area contributed by atoms with Crippen molar-refractivity contribution in [3.8, 4) is 5.75 Å². The predicted molar refractivity (Wildman–Crippen MR) is 116 cm³/mol. The van der Waals surface area contributed by atoms with Crippen LogP contribution in [0.4, 0.5) is 9.18 Å². The molecule has 1 amide bonds. The van der Waals surface area contributed by atoms with Crippen molar-refractivity contribution in [1.29, 1.82) is 0 Å². The summed E-state index contributed by atoms with van der Waals surface area (Å²) in [5.74, 6) is 0.376. The number of para-hydroxylation sites is 1. The largest absolute Gasteiger partial charge is 0.486 e. The van der Waals surface area contributed by atoms with Crippen LogP contribution in [0, 0.1) is 5.82 Å². The Morgan fingerprint density at radius 2 is 1.81 bits per heavy atom. The summed E-state index contributed by atoms with van der Waals surface area (Å²) < 4.78 is 24.3. The minimum absolute atomic E-state index is 0. The number of amides is 1. The van der Waals surface area contributed by atoms with Gasteiger partial charge in [-0.15, -0.1) is 24.0 Å². The van der Waals surface area contributed by atoms with E-state index in [0.717, 1.165) is 0 Å². The van der Waals surface area contributed by atoms with Gasteiger partial charge in [0.1, 0.15) is 11.7 Å². The second kappa shape index (κ2) is 12.6. The van der Waals surface area contributed by atoms with E-state index in [2.05, 4.69) is 20.9 Å². The Kier molecular flexibility index (Phi) is 11.7. The highest BCUT2D eigenvalue weighted by Crippen LogP contribution is 2.16. The van der Waals surface area contributed by atoms with Crippen LogP contribution in [0.15, 0.2) is 29.3 Å². The first kappa shape index (κ1) is 25.2. The lowest BCUT2D eigenvalue weighted by Gasteiger charge is -2.20. The van der Waals surface area contributed by atoms with E-state index in [-0.39, 0.29) is 35.8 Å². The molecular weight excluding hydrogens is 466 g/mol. The van der Waals surface area contributed by atoms with Crippen LogP contribution in [-0.2, 0) is 4.74 Å². The van der Waals surface area contributed by atoms with E-state index in [1.165, 1.54) is 6.07 Å². The first-order valence-corrected chi connectivity index (χ1v) is 8.54. The highest BCUT2D eigenvalue weighted by atomic mass is 127. The number of ether oxygens (including phenoxy) is 2. The molecule has 0 aliphatic heterocycles. The summed E-state index contributed by atoms with van der Waals surface area (Å²) in [6.45, 7) is 8.55. The zero-order valence-electron chi connectivity index (χ0n) is 16.5. The van der Waals surface area contributed by atoms with Crippen molar-refractivity contribution in [1.82, 2.24) is 16.0 Å². The molecule has 1 unspecified atom stereocenters. The van der Waals surface area contributed by atoms with Gasteiger partial charge in [-0.2, -0.15) is 0 Å². The molecule has 0 spiro atoms. The van der Waals surface area contributed by atoms with Gasteiger partial charge in [-0.1, -0.05) is 12.1 Å². The van der Waals surface area contributed by atoms with E-state index in [9.17, 15) is 9.18 Å². The number of nitrogens with zero attached hydrogens (tertiary/aromatic N) is 1. The number of alkyl carbamates (subject to hydrolysis) is 1. The number of hydrogen-bond donors (Lipinski definition) is 3. The summed E-state index contributed by atoms with van der Waals surface area (Å²) >= 11 is 0. The molecule has 0 saturated heterocycles. The van der Waals surface area contributed by atoms with Gasteiger partial charge in [0.15, 0.2) is 17.5 Å². The molecule has 0 bridgehead atoms. The lowest BCUT2D eigenvalue weighted by Crippen LogP contribution is -2.44. The summed E-state index contributed by atoms with van der Waals surface area (Å²) in [6, 6.07) is 6.27. The normalized spacial score (nSPS) is 12.4. The van der Waals surface area contributed by atoms with Gasteiger partial charge in [-0.3, -0.25) is 4.99 Å². The molecule has 0 aliphatic rings. The van der Waals surface area contributed by atoms with Crippen LogP contribution >= 0.6 is 24.0 Å². The van der Waals surface area contributed by atoms with E-state index in [4.69, 9.17) is 9.47 Å². The van der Waals surface area contributed by atoms with Gasteiger partial charge in [-0.25, -0.2) is 9.18 Å². The van der Waals surface area contributed by atoms with E-state index in [1.807, 2.05) is 6.92 Å². The fourth-order valence-electron chi connectivity index (χ4n) is 1.92. The van der Waals surface area contributed by atoms with Gasteiger partial charge >= 0.3 is 6.09 Å². The third kappa shape index (κ3) is 11.5. The molecule has 0 aromatic heterocycles. The maximum absolute atomic E-state index is 13.6. The topological polar surface area (TPSA) is 84.0 Å². The molecule has 0 heterocycles. The monoisotopic (exact) mass is 496 g/mol. The maximum Gasteiger partial charge on any atom is 0.407 e. The van der Waals surface area contributed by atoms with Crippen LogP contribution in [0.3, 0.4) is 0 Å². The van der Waals surface area contributed by atoms with Gasteiger partial charge < -0.3 is 25.4 Å². The third-order valence-corrected chi connectivity index (χ3v) is 3.03. The number of halogens is 2. The van der Waals surface area contributed by atoms with E-state index >= 15 is 0 Å². The molecule has 1 atom stereocenters. The molecule has 27 heavy (non-hydrogen) atoms. The highest BCUT2D eigenvalue weighted by Gasteiger charge is 2.15. The zero-order valence-corrected chi connectivity index (χ0v) is 18.8. The van der Waals surface area contributed by atoms with Gasteiger partial charge in [0.2, 0.25) is 0 Å². The fourth-order valence-corrected chi connectivity index (χ4v) is 1.92. The molecule has 9 heteroatoms. The minimum atomic E-state index is -0.524. The maximum atomic E-state index is 13.6. The van der Waals surface area contributed by atoms with Crippen LogP contribution in [0.1, 0.15) is 27.7 Å². The average Bonchev–Trinajstić information content (AvgIpc) is 2.54. The van der Waals surface area contributed by atoms with Crippen LogP contribution in [0.2, 0.25) is 0 Å². The minimum Gasteiger partial charge on any atom is -0.486 e. The predicted octanol–water partition coefficient (Wildman–Crippen LogP) is 2.90. The number of aliphatic imine (C=N–C) groups is 1. The van der Waals surface area contributed by atoms with Crippen molar-refractivity contribution in [3.05, 3.63) is 30.1 Å². The molecule has 7 nitrogen and oxygen atoms in total. The number of hydrogen-bond acceptors (Lipinski definition) is 4. The molecule has 1 aromatic carbocycles. The molecule has 154 valence electrons. The van der Waals surface area contributed by atoms with Gasteiger partial charge in [0.05, 0.1) is 6.54 Å². The van der Waals surface area contributed by atoms with Crippen LogP contribution in [0.5, 0.6) is 5.75 Å². The number of benzene rings is 1. The van der Waals surface area contributed by atoms with Gasteiger partial charge in [0, 0.05) is 20.1 Å². The average molecular weight is 496 g/mol.